The molecule has 2 aromatic rings. The molecule has 172 valence electrons. The Morgan fingerprint density at radius 3 is 2.42 bits per heavy atom. The maximum absolute atomic E-state index is 13.0. The zero-order chi connectivity index (χ0) is 24.1. The minimum absolute atomic E-state index is 0.0357. The van der Waals surface area contributed by atoms with Crippen LogP contribution in [0.4, 0.5) is 14.5 Å². The summed E-state index contributed by atoms with van der Waals surface area (Å²) in [6.07, 6.45) is -0.860. The van der Waals surface area contributed by atoms with Crippen LogP contribution in [0.1, 0.15) is 40.2 Å². The highest BCUT2D eigenvalue weighted by Gasteiger charge is 2.67. The van der Waals surface area contributed by atoms with Crippen molar-refractivity contribution in [3.05, 3.63) is 63.1 Å². The molecule has 2 saturated carbocycles. The zero-order valence-corrected chi connectivity index (χ0v) is 19.7. The van der Waals surface area contributed by atoms with E-state index in [2.05, 4.69) is 10.6 Å². The summed E-state index contributed by atoms with van der Waals surface area (Å²) < 4.78 is 24.6. The lowest BCUT2D eigenvalue weighted by atomic mass is 9.88. The fourth-order valence-electron chi connectivity index (χ4n) is 3.95. The summed E-state index contributed by atoms with van der Waals surface area (Å²) in [6, 6.07) is 10.2. The van der Waals surface area contributed by atoms with E-state index in [0.29, 0.717) is 16.1 Å². The average molecular weight is 533 g/mol. The number of alkyl halides is 4. The predicted octanol–water partition coefficient (Wildman–Crippen LogP) is 5.92. The first-order chi connectivity index (χ1) is 15.4. The Labute approximate surface area is 207 Å². The summed E-state index contributed by atoms with van der Waals surface area (Å²) in [6.45, 7) is 0. The van der Waals surface area contributed by atoms with Gasteiger partial charge in [-0.1, -0.05) is 23.2 Å². The lowest BCUT2D eigenvalue weighted by molar-refractivity contribution is -0.117. The van der Waals surface area contributed by atoms with Gasteiger partial charge in [-0.3, -0.25) is 9.59 Å². The molecule has 0 heterocycles. The summed E-state index contributed by atoms with van der Waals surface area (Å²) in [4.78, 5) is 25.4. The standard InChI is InChI=1S/C22H15Cl4F2N3O2/c23-12-4-10(9-29)3-11(5-12)17-18(22(17,25)26)20(33)30-13-1-2-16(24)15(6-13)19(32)31-14-7-21(27,28)8-14/h1-6,14,17-18H,7-8H2,(H,30,33)(H,31,32). The normalized spacial score (nSPS) is 22.6. The molecule has 2 unspecified atom stereocenters. The number of carbonyl (C=O) groups excluding carboxylic acids is 2. The van der Waals surface area contributed by atoms with E-state index in [4.69, 9.17) is 51.7 Å². The Hall–Kier alpha value is -2.11. The lowest BCUT2D eigenvalue weighted by Crippen LogP contribution is -2.50. The minimum Gasteiger partial charge on any atom is -0.349 e. The van der Waals surface area contributed by atoms with Crippen molar-refractivity contribution >= 4 is 63.9 Å². The number of rotatable bonds is 5. The third-order valence-electron chi connectivity index (χ3n) is 5.65. The van der Waals surface area contributed by atoms with Crippen molar-refractivity contribution in [2.75, 3.05) is 5.32 Å². The molecule has 0 saturated heterocycles. The lowest BCUT2D eigenvalue weighted by Gasteiger charge is -2.35. The highest BCUT2D eigenvalue weighted by molar-refractivity contribution is 6.53. The van der Waals surface area contributed by atoms with Gasteiger partial charge in [-0.15, -0.1) is 23.2 Å². The van der Waals surface area contributed by atoms with Gasteiger partial charge in [-0.25, -0.2) is 8.78 Å². The van der Waals surface area contributed by atoms with Crippen LogP contribution in [-0.4, -0.2) is 28.1 Å². The molecule has 0 aromatic heterocycles. The molecule has 33 heavy (non-hydrogen) atoms. The van der Waals surface area contributed by atoms with E-state index in [1.807, 2.05) is 6.07 Å². The molecule has 2 N–H and O–H groups in total. The van der Waals surface area contributed by atoms with Gasteiger partial charge in [0.25, 0.3) is 11.8 Å². The molecule has 0 bridgehead atoms. The average Bonchev–Trinajstić information content (AvgIpc) is 3.29. The van der Waals surface area contributed by atoms with E-state index in [-0.39, 0.29) is 16.3 Å². The second-order valence-electron chi connectivity index (χ2n) is 8.13. The topological polar surface area (TPSA) is 82.0 Å². The van der Waals surface area contributed by atoms with Gasteiger partial charge in [-0.05, 0) is 42.0 Å². The number of nitriles is 1. The molecule has 2 amide bonds. The summed E-state index contributed by atoms with van der Waals surface area (Å²) in [7, 11) is 0. The Morgan fingerprint density at radius 2 is 1.79 bits per heavy atom. The van der Waals surface area contributed by atoms with Crippen LogP contribution in [0.3, 0.4) is 0 Å². The first-order valence-electron chi connectivity index (χ1n) is 9.79. The fraction of sp³-hybridized carbons (Fsp3) is 0.318. The van der Waals surface area contributed by atoms with Gasteiger partial charge in [0.2, 0.25) is 5.91 Å². The van der Waals surface area contributed by atoms with Gasteiger partial charge < -0.3 is 10.6 Å². The molecule has 2 fully saturated rings. The van der Waals surface area contributed by atoms with Gasteiger partial charge in [0.05, 0.1) is 28.1 Å². The largest absolute Gasteiger partial charge is 0.349 e. The number of hydrogen-bond donors (Lipinski definition) is 2. The van der Waals surface area contributed by atoms with Gasteiger partial charge in [-0.2, -0.15) is 5.26 Å². The van der Waals surface area contributed by atoms with E-state index in [0.717, 1.165) is 0 Å². The second-order valence-corrected chi connectivity index (χ2v) is 10.4. The summed E-state index contributed by atoms with van der Waals surface area (Å²) in [5.74, 6) is -5.33. The van der Waals surface area contributed by atoms with Crippen molar-refractivity contribution < 1.29 is 18.4 Å². The minimum atomic E-state index is -2.77. The summed E-state index contributed by atoms with van der Waals surface area (Å²) in [5, 5.41) is 14.7. The number of halogens is 6. The number of amides is 2. The molecule has 11 heteroatoms. The molecule has 0 radical (unpaired) electrons. The van der Waals surface area contributed by atoms with E-state index >= 15 is 0 Å². The number of nitrogens with zero attached hydrogens (tertiary/aromatic N) is 1. The van der Waals surface area contributed by atoms with Gasteiger partial charge in [0, 0.05) is 35.5 Å². The van der Waals surface area contributed by atoms with Crippen LogP contribution in [0.25, 0.3) is 0 Å². The van der Waals surface area contributed by atoms with Crippen LogP contribution in [0.5, 0.6) is 0 Å². The molecule has 2 aliphatic carbocycles. The van der Waals surface area contributed by atoms with Crippen molar-refractivity contribution in [3.8, 4) is 6.07 Å². The number of anilines is 1. The van der Waals surface area contributed by atoms with Crippen LogP contribution in [0.2, 0.25) is 10.0 Å². The van der Waals surface area contributed by atoms with Crippen LogP contribution in [0.15, 0.2) is 36.4 Å². The third-order valence-corrected chi connectivity index (χ3v) is 7.14. The quantitative estimate of drug-likeness (QED) is 0.469. The molecular weight excluding hydrogens is 518 g/mol. The van der Waals surface area contributed by atoms with E-state index in [1.165, 1.54) is 24.3 Å². The monoisotopic (exact) mass is 531 g/mol. The molecule has 2 aliphatic rings. The smallest absolute Gasteiger partial charge is 0.253 e. The van der Waals surface area contributed by atoms with Crippen LogP contribution in [0, 0.1) is 17.2 Å². The van der Waals surface area contributed by atoms with Crippen LogP contribution >= 0.6 is 46.4 Å². The molecule has 0 spiro atoms. The summed E-state index contributed by atoms with van der Waals surface area (Å²) >= 11 is 24.9. The first-order valence-corrected chi connectivity index (χ1v) is 11.3. The van der Waals surface area contributed by atoms with E-state index in [9.17, 15) is 18.4 Å². The first kappa shape index (κ1) is 24.0. The van der Waals surface area contributed by atoms with Crippen molar-refractivity contribution in [1.29, 1.82) is 5.26 Å². The van der Waals surface area contributed by atoms with E-state index < -0.39 is 52.8 Å². The summed E-state index contributed by atoms with van der Waals surface area (Å²) in [5.41, 5.74) is 1.16. The molecular formula is C22H15Cl4F2N3O2. The van der Waals surface area contributed by atoms with Crippen molar-refractivity contribution in [2.24, 2.45) is 5.92 Å². The van der Waals surface area contributed by atoms with Gasteiger partial charge in [0.1, 0.15) is 4.33 Å². The van der Waals surface area contributed by atoms with Crippen molar-refractivity contribution in [2.45, 2.75) is 35.1 Å². The highest BCUT2D eigenvalue weighted by atomic mass is 35.5. The maximum atomic E-state index is 13.0. The Morgan fingerprint density at radius 1 is 1.09 bits per heavy atom. The fourth-order valence-corrected chi connectivity index (χ4v) is 5.22. The van der Waals surface area contributed by atoms with Gasteiger partial charge in [0.15, 0.2) is 0 Å². The third kappa shape index (κ3) is 4.90. The molecule has 4 rings (SSSR count). The molecule has 0 aliphatic heterocycles. The zero-order valence-electron chi connectivity index (χ0n) is 16.6. The highest BCUT2D eigenvalue weighted by Crippen LogP contribution is 2.65. The second kappa shape index (κ2) is 8.59. The SMILES string of the molecule is N#Cc1cc(Cl)cc(C2C(C(=O)Nc3ccc(Cl)c(C(=O)NC4CC(F)(F)C4)c3)C2(Cl)Cl)c1. The van der Waals surface area contributed by atoms with Crippen LogP contribution < -0.4 is 10.6 Å². The maximum Gasteiger partial charge on any atom is 0.253 e. The molecule has 2 atom stereocenters. The Balaban J connectivity index is 1.48. The number of nitrogens with one attached hydrogen (secondary N) is 2. The molecule has 2 aromatic carbocycles. The number of hydrogen-bond acceptors (Lipinski definition) is 3. The van der Waals surface area contributed by atoms with Crippen molar-refractivity contribution in [3.63, 3.8) is 0 Å². The Bertz CT molecular complexity index is 1190. The number of carbonyl (C=O) groups is 2. The number of benzene rings is 2. The van der Waals surface area contributed by atoms with Gasteiger partial charge >= 0.3 is 0 Å². The van der Waals surface area contributed by atoms with Crippen molar-refractivity contribution in [1.82, 2.24) is 5.32 Å². The predicted molar refractivity (Wildman–Crippen MR) is 122 cm³/mol. The Kier molecular flexibility index (Phi) is 6.25. The van der Waals surface area contributed by atoms with E-state index in [1.54, 1.807) is 12.1 Å². The molecule has 5 nitrogen and oxygen atoms in total. The van der Waals surface area contributed by atoms with Crippen LogP contribution in [-0.2, 0) is 4.79 Å².